The Hall–Kier alpha value is -1.70. The largest absolute Gasteiger partial charge is 0.491 e. The molecule has 1 aromatic rings. The summed E-state index contributed by atoms with van der Waals surface area (Å²) in [5.74, 6) is 1.08. The van der Waals surface area contributed by atoms with Crippen LogP contribution in [0.15, 0.2) is 24.3 Å². The number of nitro benzene ring substituents is 1. The summed E-state index contributed by atoms with van der Waals surface area (Å²) >= 11 is 0. The van der Waals surface area contributed by atoms with E-state index in [0.717, 1.165) is 19.6 Å². The number of aliphatic hydroxyl groups is 1. The van der Waals surface area contributed by atoms with Crippen LogP contribution in [0.4, 0.5) is 5.69 Å². The minimum atomic E-state index is -0.625. The van der Waals surface area contributed by atoms with Crippen LogP contribution in [0, 0.1) is 16.0 Å². The first kappa shape index (κ1) is 18.6. The lowest BCUT2D eigenvalue weighted by Crippen LogP contribution is -2.39. The van der Waals surface area contributed by atoms with Crippen molar-refractivity contribution in [2.75, 3.05) is 46.9 Å². The Morgan fingerprint density at radius 3 is 2.83 bits per heavy atom. The molecular weight excluding hydrogens is 310 g/mol. The predicted molar refractivity (Wildman–Crippen MR) is 92.3 cm³/mol. The summed E-state index contributed by atoms with van der Waals surface area (Å²) in [6.07, 6.45) is 1.77. The van der Waals surface area contributed by atoms with Crippen LogP contribution in [-0.2, 0) is 0 Å². The van der Waals surface area contributed by atoms with Gasteiger partial charge in [0.2, 0.25) is 0 Å². The maximum Gasteiger partial charge on any atom is 0.273 e. The molecular formula is C17H27N3O4. The first-order valence-electron chi connectivity index (χ1n) is 8.36. The summed E-state index contributed by atoms with van der Waals surface area (Å²) in [6.45, 7) is 3.90. The number of nitrogens with zero attached hydrogens (tertiary/aromatic N) is 3. The molecule has 1 fully saturated rings. The molecule has 1 saturated heterocycles. The molecule has 1 heterocycles. The van der Waals surface area contributed by atoms with Crippen LogP contribution in [0.1, 0.15) is 12.8 Å². The minimum absolute atomic E-state index is 0.0126. The number of piperidine rings is 1. The third kappa shape index (κ3) is 6.07. The second-order valence-electron chi connectivity index (χ2n) is 6.69. The fourth-order valence-electron chi connectivity index (χ4n) is 3.05. The average Bonchev–Trinajstić information content (AvgIpc) is 2.55. The molecule has 1 unspecified atom stereocenters. The van der Waals surface area contributed by atoms with E-state index in [1.165, 1.54) is 25.0 Å². The highest BCUT2D eigenvalue weighted by molar-refractivity contribution is 5.37. The van der Waals surface area contributed by atoms with Crippen LogP contribution in [0.2, 0.25) is 0 Å². The van der Waals surface area contributed by atoms with Crippen molar-refractivity contribution < 1.29 is 14.8 Å². The summed E-state index contributed by atoms with van der Waals surface area (Å²) in [7, 11) is 4.16. The van der Waals surface area contributed by atoms with Gasteiger partial charge in [0.05, 0.1) is 11.0 Å². The molecule has 1 aromatic carbocycles. The van der Waals surface area contributed by atoms with Gasteiger partial charge in [0.15, 0.2) is 0 Å². The SMILES string of the molecule is CN1CCC(CN(C)CC(O)COc2cccc([N+](=O)[O-])c2)CC1. The van der Waals surface area contributed by atoms with Crippen molar-refractivity contribution in [3.8, 4) is 5.75 Å². The van der Waals surface area contributed by atoms with E-state index in [4.69, 9.17) is 4.74 Å². The van der Waals surface area contributed by atoms with Crippen LogP contribution >= 0.6 is 0 Å². The number of nitro groups is 1. The molecule has 1 aliphatic heterocycles. The molecule has 7 nitrogen and oxygen atoms in total. The van der Waals surface area contributed by atoms with Gasteiger partial charge >= 0.3 is 0 Å². The fourth-order valence-corrected chi connectivity index (χ4v) is 3.05. The van der Waals surface area contributed by atoms with Gasteiger partial charge < -0.3 is 19.6 Å². The Balaban J connectivity index is 1.71. The number of likely N-dealkylation sites (N-methyl/N-ethyl adjacent to an activating group) is 1. The first-order valence-corrected chi connectivity index (χ1v) is 8.36. The van der Waals surface area contributed by atoms with E-state index in [1.807, 2.05) is 7.05 Å². The van der Waals surface area contributed by atoms with Gasteiger partial charge in [-0.15, -0.1) is 0 Å². The maximum absolute atomic E-state index is 10.7. The zero-order chi connectivity index (χ0) is 17.5. The van der Waals surface area contributed by atoms with Gasteiger partial charge in [-0.3, -0.25) is 10.1 Å². The van der Waals surface area contributed by atoms with Gasteiger partial charge in [-0.1, -0.05) is 6.07 Å². The second kappa shape index (κ2) is 8.96. The van der Waals surface area contributed by atoms with Crippen molar-refractivity contribution in [1.82, 2.24) is 9.80 Å². The molecule has 7 heteroatoms. The molecule has 0 radical (unpaired) electrons. The highest BCUT2D eigenvalue weighted by Crippen LogP contribution is 2.19. The predicted octanol–water partition coefficient (Wildman–Crippen LogP) is 1.61. The van der Waals surface area contributed by atoms with E-state index in [9.17, 15) is 15.2 Å². The number of ether oxygens (including phenoxy) is 1. The van der Waals surface area contributed by atoms with Crippen molar-refractivity contribution in [2.45, 2.75) is 18.9 Å². The molecule has 1 atom stereocenters. The van der Waals surface area contributed by atoms with Gasteiger partial charge in [0, 0.05) is 19.2 Å². The Labute approximate surface area is 143 Å². The van der Waals surface area contributed by atoms with Crippen molar-refractivity contribution in [2.24, 2.45) is 5.92 Å². The van der Waals surface area contributed by atoms with E-state index in [-0.39, 0.29) is 12.3 Å². The first-order chi connectivity index (χ1) is 11.4. The highest BCUT2D eigenvalue weighted by atomic mass is 16.6. The molecule has 0 saturated carbocycles. The van der Waals surface area contributed by atoms with Crippen LogP contribution in [0.3, 0.4) is 0 Å². The molecule has 134 valence electrons. The highest BCUT2D eigenvalue weighted by Gasteiger charge is 2.19. The van der Waals surface area contributed by atoms with E-state index in [2.05, 4.69) is 16.8 Å². The quantitative estimate of drug-likeness (QED) is 0.573. The molecule has 1 N–H and O–H groups in total. The summed E-state index contributed by atoms with van der Waals surface area (Å²) < 4.78 is 5.48. The summed E-state index contributed by atoms with van der Waals surface area (Å²) in [5, 5.41) is 20.9. The second-order valence-corrected chi connectivity index (χ2v) is 6.69. The summed E-state index contributed by atoms with van der Waals surface area (Å²) in [5.41, 5.74) is -0.0126. The van der Waals surface area contributed by atoms with Gasteiger partial charge in [-0.05, 0) is 52.0 Å². The lowest BCUT2D eigenvalue weighted by Gasteiger charge is -2.32. The normalized spacial score (nSPS) is 17.8. The molecule has 24 heavy (non-hydrogen) atoms. The molecule has 0 aromatic heterocycles. The number of benzene rings is 1. The van der Waals surface area contributed by atoms with Crippen molar-refractivity contribution >= 4 is 5.69 Å². The molecule has 0 amide bonds. The van der Waals surface area contributed by atoms with E-state index in [0.29, 0.717) is 18.2 Å². The summed E-state index contributed by atoms with van der Waals surface area (Å²) in [4.78, 5) is 14.8. The lowest BCUT2D eigenvalue weighted by atomic mass is 9.96. The van der Waals surface area contributed by atoms with Crippen molar-refractivity contribution in [3.05, 3.63) is 34.4 Å². The Morgan fingerprint density at radius 2 is 2.17 bits per heavy atom. The van der Waals surface area contributed by atoms with Crippen molar-refractivity contribution in [1.29, 1.82) is 0 Å². The third-order valence-electron chi connectivity index (χ3n) is 4.40. The zero-order valence-corrected chi connectivity index (χ0v) is 14.4. The van der Waals surface area contributed by atoms with E-state index < -0.39 is 11.0 Å². The number of aliphatic hydroxyl groups excluding tert-OH is 1. The molecule has 1 aliphatic rings. The van der Waals surface area contributed by atoms with Gasteiger partial charge in [0.1, 0.15) is 18.5 Å². The third-order valence-corrected chi connectivity index (χ3v) is 4.40. The molecule has 2 rings (SSSR count). The van der Waals surface area contributed by atoms with Gasteiger partial charge in [0.25, 0.3) is 5.69 Å². The van der Waals surface area contributed by atoms with Gasteiger partial charge in [-0.2, -0.15) is 0 Å². The number of hydrogen-bond donors (Lipinski definition) is 1. The van der Waals surface area contributed by atoms with E-state index in [1.54, 1.807) is 12.1 Å². The number of rotatable bonds is 8. The molecule has 0 bridgehead atoms. The maximum atomic E-state index is 10.7. The smallest absolute Gasteiger partial charge is 0.273 e. The van der Waals surface area contributed by atoms with Crippen LogP contribution < -0.4 is 4.74 Å². The standard InChI is InChI=1S/C17H27N3O4/c1-18-8-6-14(7-9-18)11-19(2)12-16(21)13-24-17-5-3-4-15(10-17)20(22)23/h3-5,10,14,16,21H,6-9,11-13H2,1-2H3. The Morgan fingerprint density at radius 1 is 1.46 bits per heavy atom. The fraction of sp³-hybridized carbons (Fsp3) is 0.647. The lowest BCUT2D eigenvalue weighted by molar-refractivity contribution is -0.384. The Bertz CT molecular complexity index is 532. The zero-order valence-electron chi connectivity index (χ0n) is 14.4. The number of hydrogen-bond acceptors (Lipinski definition) is 6. The van der Waals surface area contributed by atoms with E-state index >= 15 is 0 Å². The number of likely N-dealkylation sites (tertiary alicyclic amines) is 1. The van der Waals surface area contributed by atoms with Crippen molar-refractivity contribution in [3.63, 3.8) is 0 Å². The molecule has 0 aliphatic carbocycles. The monoisotopic (exact) mass is 337 g/mol. The van der Waals surface area contributed by atoms with Crippen LogP contribution in [0.25, 0.3) is 0 Å². The topological polar surface area (TPSA) is 79.1 Å². The minimum Gasteiger partial charge on any atom is -0.491 e. The average molecular weight is 337 g/mol. The van der Waals surface area contributed by atoms with Gasteiger partial charge in [-0.25, -0.2) is 0 Å². The Kier molecular flexibility index (Phi) is 6.96. The summed E-state index contributed by atoms with van der Waals surface area (Å²) in [6, 6.07) is 6.02. The molecule has 0 spiro atoms. The number of non-ortho nitro benzene ring substituents is 1. The van der Waals surface area contributed by atoms with Crippen LogP contribution in [-0.4, -0.2) is 72.8 Å². The van der Waals surface area contributed by atoms with Crippen LogP contribution in [0.5, 0.6) is 5.75 Å².